The lowest BCUT2D eigenvalue weighted by Crippen LogP contribution is -2.32. The van der Waals surface area contributed by atoms with E-state index in [-0.39, 0.29) is 11.1 Å². The van der Waals surface area contributed by atoms with Gasteiger partial charge in [0.05, 0.1) is 14.2 Å². The van der Waals surface area contributed by atoms with Crippen LogP contribution in [0, 0.1) is 0 Å². The monoisotopic (exact) mass is 372 g/mol. The molecule has 26 heavy (non-hydrogen) atoms. The van der Waals surface area contributed by atoms with Crippen molar-refractivity contribution in [3.63, 3.8) is 0 Å². The summed E-state index contributed by atoms with van der Waals surface area (Å²) >= 11 is 0. The van der Waals surface area contributed by atoms with Crippen LogP contribution in [-0.2, 0) is 19.1 Å². The number of carbonyl (C=O) groups excluding carboxylic acids is 2. The largest absolute Gasteiger partial charge is 0.497 e. The quantitative estimate of drug-likeness (QED) is 0.240. The molecule has 0 bridgehead atoms. The fourth-order valence-corrected chi connectivity index (χ4v) is 2.01. The fraction of sp³-hybridized carbons (Fsp3) is 0.312. The van der Waals surface area contributed by atoms with Crippen molar-refractivity contribution in [1.82, 2.24) is 0 Å². The molecule has 0 aliphatic heterocycles. The highest BCUT2D eigenvalue weighted by Crippen LogP contribution is 2.28. The molecule has 0 N–H and O–H groups in total. The summed E-state index contributed by atoms with van der Waals surface area (Å²) in [6.07, 6.45) is -4.77. The van der Waals surface area contributed by atoms with Crippen molar-refractivity contribution in [3.8, 4) is 5.75 Å². The molecule has 1 aromatic carbocycles. The van der Waals surface area contributed by atoms with Crippen molar-refractivity contribution in [3.05, 3.63) is 47.5 Å². The van der Waals surface area contributed by atoms with E-state index in [0.29, 0.717) is 5.75 Å². The highest BCUT2D eigenvalue weighted by Gasteiger charge is 2.41. The third kappa shape index (κ3) is 5.45. The summed E-state index contributed by atoms with van der Waals surface area (Å²) in [6, 6.07) is 5.78. The van der Waals surface area contributed by atoms with Gasteiger partial charge in [0.2, 0.25) is 0 Å². The fourth-order valence-electron chi connectivity index (χ4n) is 2.01. The lowest BCUT2D eigenvalue weighted by Gasteiger charge is -2.15. The predicted molar refractivity (Wildman–Crippen MR) is 82.5 cm³/mol. The topological polar surface area (TPSA) is 98.2 Å². The number of hydrogen-bond acceptors (Lipinski definition) is 5. The van der Waals surface area contributed by atoms with Gasteiger partial charge in [-0.05, 0) is 17.7 Å². The molecular weight excluding hydrogens is 357 g/mol. The van der Waals surface area contributed by atoms with Crippen LogP contribution in [0.3, 0.4) is 0 Å². The first-order chi connectivity index (χ1) is 12.1. The highest BCUT2D eigenvalue weighted by molar-refractivity contribution is 6.37. The maximum atomic E-state index is 12.2. The van der Waals surface area contributed by atoms with Crippen LogP contribution in [0.4, 0.5) is 13.2 Å². The van der Waals surface area contributed by atoms with Gasteiger partial charge in [-0.3, -0.25) is 0 Å². The first kappa shape index (κ1) is 20.9. The molecule has 0 aromatic heterocycles. The molecule has 0 unspecified atom stereocenters. The van der Waals surface area contributed by atoms with Crippen molar-refractivity contribution in [2.75, 3.05) is 20.8 Å². The van der Waals surface area contributed by atoms with Crippen molar-refractivity contribution in [2.45, 2.75) is 12.1 Å². The zero-order valence-electron chi connectivity index (χ0n) is 13.9. The van der Waals surface area contributed by atoms with Gasteiger partial charge in [0.1, 0.15) is 11.7 Å². The van der Waals surface area contributed by atoms with E-state index in [1.165, 1.54) is 31.4 Å². The number of halogens is 3. The summed E-state index contributed by atoms with van der Waals surface area (Å²) < 4.78 is 50.3. The molecule has 0 spiro atoms. The molecule has 1 rings (SSSR count). The molecule has 0 aliphatic carbocycles. The van der Waals surface area contributed by atoms with Crippen LogP contribution in [0.1, 0.15) is 11.5 Å². The van der Waals surface area contributed by atoms with Crippen LogP contribution in [0.2, 0.25) is 0 Å². The predicted octanol–water partition coefficient (Wildman–Crippen LogP) is 2.28. The van der Waals surface area contributed by atoms with Crippen LogP contribution >= 0.6 is 0 Å². The molecule has 0 aliphatic rings. The number of methoxy groups -OCH3 is 2. The van der Waals surface area contributed by atoms with Crippen LogP contribution in [-0.4, -0.2) is 49.4 Å². The second-order valence-corrected chi connectivity index (χ2v) is 4.90. The summed E-state index contributed by atoms with van der Waals surface area (Å²) in [6.45, 7) is 1.59. The summed E-state index contributed by atoms with van der Waals surface area (Å²) in [5.41, 5.74) is 8.18. The van der Waals surface area contributed by atoms with E-state index in [0.717, 1.165) is 7.11 Å². The first-order valence-corrected chi connectivity index (χ1v) is 7.01. The molecule has 0 radical (unpaired) electrons. The average molecular weight is 372 g/mol. The Kier molecular flexibility index (Phi) is 7.09. The number of ether oxygens (including phenoxy) is 3. The van der Waals surface area contributed by atoms with Crippen molar-refractivity contribution < 1.29 is 41.8 Å². The standard InChI is InChI=1S/C16H15F3N2O5/c1-9(14(22)25-3)12(10-4-6-11(24-2)7-5-10)13(21-20)15(23)26-8-16(17,18)19/h4-7,12H,1,8H2,2-3H3/t12-/m1/s1. The maximum absolute atomic E-state index is 12.2. The van der Waals surface area contributed by atoms with E-state index in [1.54, 1.807) is 0 Å². The van der Waals surface area contributed by atoms with Gasteiger partial charge in [-0.25, -0.2) is 9.59 Å². The molecule has 0 amide bonds. The third-order valence-corrected chi connectivity index (χ3v) is 3.20. The Balaban J connectivity index is 3.28. The Morgan fingerprint density at radius 3 is 2.19 bits per heavy atom. The van der Waals surface area contributed by atoms with Crippen molar-refractivity contribution in [2.24, 2.45) is 0 Å². The smallest absolute Gasteiger partial charge is 0.422 e. The zero-order valence-corrected chi connectivity index (χ0v) is 13.9. The number of esters is 2. The average Bonchev–Trinajstić information content (AvgIpc) is 2.62. The van der Waals surface area contributed by atoms with E-state index in [9.17, 15) is 22.8 Å². The summed E-state index contributed by atoms with van der Waals surface area (Å²) in [4.78, 5) is 26.5. The Hall–Kier alpha value is -3.13. The molecule has 0 heterocycles. The molecule has 140 valence electrons. The van der Waals surface area contributed by atoms with Gasteiger partial charge in [0.15, 0.2) is 6.61 Å². The van der Waals surface area contributed by atoms with E-state index in [4.69, 9.17) is 10.3 Å². The van der Waals surface area contributed by atoms with Crippen LogP contribution in [0.25, 0.3) is 5.53 Å². The summed E-state index contributed by atoms with van der Waals surface area (Å²) in [5, 5.41) is 0. The minimum Gasteiger partial charge on any atom is -0.497 e. The van der Waals surface area contributed by atoms with Gasteiger partial charge in [-0.15, -0.1) is 0 Å². The van der Waals surface area contributed by atoms with Gasteiger partial charge in [0.25, 0.3) is 0 Å². The van der Waals surface area contributed by atoms with Gasteiger partial charge in [-0.2, -0.15) is 18.0 Å². The minimum atomic E-state index is -4.77. The number of carbonyl (C=O) groups is 2. The molecule has 7 nitrogen and oxygen atoms in total. The number of alkyl halides is 3. The molecule has 0 saturated carbocycles. The van der Waals surface area contributed by atoms with Gasteiger partial charge >= 0.3 is 23.8 Å². The second-order valence-electron chi connectivity index (χ2n) is 4.90. The van der Waals surface area contributed by atoms with Gasteiger partial charge < -0.3 is 19.7 Å². The molecule has 1 aromatic rings. The lowest BCUT2D eigenvalue weighted by molar-refractivity contribution is -0.183. The van der Waals surface area contributed by atoms with Crippen molar-refractivity contribution >= 4 is 17.7 Å². The summed E-state index contributed by atoms with van der Waals surface area (Å²) in [5.74, 6) is -3.45. The Morgan fingerprint density at radius 2 is 1.77 bits per heavy atom. The van der Waals surface area contributed by atoms with Crippen molar-refractivity contribution in [1.29, 1.82) is 0 Å². The number of hydrogen-bond donors (Lipinski definition) is 0. The van der Waals surface area contributed by atoms with Crippen LogP contribution in [0.15, 0.2) is 36.4 Å². The van der Waals surface area contributed by atoms with E-state index in [1.807, 2.05) is 0 Å². The van der Waals surface area contributed by atoms with Gasteiger partial charge in [-0.1, -0.05) is 18.7 Å². The van der Waals surface area contributed by atoms with E-state index < -0.39 is 36.4 Å². The normalized spacial score (nSPS) is 11.7. The maximum Gasteiger partial charge on any atom is 0.422 e. The number of rotatable bonds is 7. The Morgan fingerprint density at radius 1 is 1.19 bits per heavy atom. The summed E-state index contributed by atoms with van der Waals surface area (Å²) in [7, 11) is 2.46. The van der Waals surface area contributed by atoms with Gasteiger partial charge in [0, 0.05) is 5.57 Å². The lowest BCUT2D eigenvalue weighted by atomic mass is 9.87. The Bertz CT molecular complexity index is 737. The Labute approximate surface area is 146 Å². The molecule has 10 heteroatoms. The third-order valence-electron chi connectivity index (χ3n) is 3.20. The minimum absolute atomic E-state index is 0.220. The van der Waals surface area contributed by atoms with Crippen LogP contribution < -0.4 is 4.74 Å². The van der Waals surface area contributed by atoms with Crippen LogP contribution in [0.5, 0.6) is 5.75 Å². The second kappa shape index (κ2) is 8.82. The molecule has 0 fully saturated rings. The number of nitrogens with zero attached hydrogens (tertiary/aromatic N) is 2. The molecular formula is C16H15F3N2O5. The first-order valence-electron chi connectivity index (χ1n) is 7.01. The van der Waals surface area contributed by atoms with E-state index >= 15 is 0 Å². The highest BCUT2D eigenvalue weighted by atomic mass is 19.4. The SMILES string of the molecule is C=C(C(=O)OC)[C@@H](C(=[N+]=[N-])C(=O)OCC(F)(F)F)c1ccc(OC)cc1. The molecule has 1 atom stereocenters. The molecule has 0 saturated heterocycles. The van der Waals surface area contributed by atoms with E-state index in [2.05, 4.69) is 20.8 Å². The zero-order chi connectivity index (χ0) is 19.9. The number of benzene rings is 1.